The molecule has 5 saturated heterocycles. The quantitative estimate of drug-likeness (QED) is 0.0388. The molecule has 0 atom stereocenters. The van der Waals surface area contributed by atoms with E-state index in [4.69, 9.17) is 44.3 Å². The summed E-state index contributed by atoms with van der Waals surface area (Å²) >= 11 is 18.1. The van der Waals surface area contributed by atoms with Gasteiger partial charge >= 0.3 is 0 Å². The first-order chi connectivity index (χ1) is 61.5. The third kappa shape index (κ3) is 37.8. The van der Waals surface area contributed by atoms with Crippen molar-refractivity contribution < 1.29 is 108 Å². The molecule has 0 aromatic heterocycles. The lowest BCUT2D eigenvalue weighted by molar-refractivity contribution is -0.134. The zero-order valence-corrected chi connectivity index (χ0v) is 80.6. The van der Waals surface area contributed by atoms with Gasteiger partial charge < -0.3 is 34.0 Å². The van der Waals surface area contributed by atoms with Gasteiger partial charge in [0.2, 0.25) is 86.4 Å². The minimum absolute atomic E-state index is 0.00863. The van der Waals surface area contributed by atoms with Crippen LogP contribution >= 0.6 is 34.8 Å². The van der Waals surface area contributed by atoms with Gasteiger partial charge in [-0.15, -0.1) is 0 Å². The molecule has 0 spiro atoms. The number of carbonyl (C=O) groups is 10. The maximum atomic E-state index is 13.1. The van der Waals surface area contributed by atoms with Gasteiger partial charge in [-0.25, -0.2) is 50.9 Å². The molecule has 6 aliphatic rings. The molecule has 0 N–H and O–H groups in total. The molecule has 5 aromatic carbocycles. The molecule has 0 radical (unpaired) electrons. The van der Waals surface area contributed by atoms with E-state index in [2.05, 4.69) is 0 Å². The number of benzene rings is 5. The average Bonchev–Trinajstić information content (AvgIpc) is 1.50. The highest BCUT2D eigenvalue weighted by Crippen LogP contribution is 2.33. The number of rotatable bonds is 30. The third-order valence-corrected chi connectivity index (χ3v) is 29.2. The van der Waals surface area contributed by atoms with E-state index in [-0.39, 0.29) is 143 Å². The first-order valence-corrected chi connectivity index (χ1v) is 52.2. The summed E-state index contributed by atoms with van der Waals surface area (Å²) in [6, 6.07) is 25.3. The van der Waals surface area contributed by atoms with Crippen LogP contribution in [0.4, 0.5) is 8.78 Å². The highest BCUT2D eigenvalue weighted by molar-refractivity contribution is 7.89. The van der Waals surface area contributed by atoms with Gasteiger partial charge in [-0.2, -0.15) is 21.5 Å². The van der Waals surface area contributed by atoms with Gasteiger partial charge in [0.15, 0.2) is 52.0 Å². The van der Waals surface area contributed by atoms with E-state index in [0.717, 1.165) is 82.4 Å². The van der Waals surface area contributed by atoms with Crippen molar-refractivity contribution in [3.05, 3.63) is 193 Å². The monoisotopic (exact) mass is 1970 g/mol. The summed E-state index contributed by atoms with van der Waals surface area (Å²) in [7, 11) is -16.1. The van der Waals surface area contributed by atoms with Crippen molar-refractivity contribution in [1.82, 2.24) is 46.0 Å². The molecular weight excluding hydrogens is 1870 g/mol. The molecule has 0 unspecified atom stereocenters. The Morgan fingerprint density at radius 1 is 0.282 bits per heavy atom. The van der Waals surface area contributed by atoms with Crippen molar-refractivity contribution in [1.29, 1.82) is 0 Å². The molecule has 131 heavy (non-hydrogen) atoms. The van der Waals surface area contributed by atoms with Crippen LogP contribution in [0.25, 0.3) is 30.4 Å². The number of amides is 5. The van der Waals surface area contributed by atoms with Crippen LogP contribution in [-0.4, -0.2) is 316 Å². The second-order valence-corrected chi connectivity index (χ2v) is 42.7. The molecule has 11 rings (SSSR count). The Labute approximate surface area is 780 Å². The molecule has 0 bridgehead atoms. The maximum Gasteiger partial charge on any atom is 0.231 e. The van der Waals surface area contributed by atoms with E-state index >= 15 is 0 Å². The molecule has 5 amide bonds. The summed E-state index contributed by atoms with van der Waals surface area (Å²) in [4.78, 5) is 129. The smallest absolute Gasteiger partial charge is 0.231 e. The second-order valence-electron chi connectivity index (χ2n) is 31.5. The van der Waals surface area contributed by atoms with E-state index in [1.54, 1.807) is 74.2 Å². The third-order valence-electron chi connectivity index (χ3n) is 21.5. The predicted molar refractivity (Wildman–Crippen MR) is 499 cm³/mol. The van der Waals surface area contributed by atoms with Gasteiger partial charge in [0.25, 0.3) is 0 Å². The van der Waals surface area contributed by atoms with E-state index in [9.17, 15) is 98.8 Å². The lowest BCUT2D eigenvalue weighted by Crippen LogP contribution is -2.50. The number of hydrogen-bond acceptors (Lipinski definition) is 22. The van der Waals surface area contributed by atoms with Gasteiger partial charge in [0.1, 0.15) is 0 Å². The fourth-order valence-corrected chi connectivity index (χ4v) is 18.1. The van der Waals surface area contributed by atoms with Crippen LogP contribution in [0, 0.1) is 32.4 Å². The zero-order chi connectivity index (χ0) is 96.7. The molecule has 5 aromatic rings. The number of allylic oxidation sites excluding steroid dienone is 5. The molecule has 5 fully saturated rings. The van der Waals surface area contributed by atoms with Crippen LogP contribution in [0.3, 0.4) is 0 Å². The summed E-state index contributed by atoms with van der Waals surface area (Å²) in [5, 5.41) is 1.93. The Morgan fingerprint density at radius 2 is 0.489 bits per heavy atom. The molecular formula is C89H111Cl3F2N10O22S5. The Hall–Kier alpha value is -9.62. The predicted octanol–water partition coefficient (Wildman–Crippen LogP) is 8.66. The Bertz CT molecular complexity index is 5180. The fraction of sp³-hybridized carbons (Fsp3) is 0.438. The highest BCUT2D eigenvalue weighted by atomic mass is 35.5. The summed E-state index contributed by atoms with van der Waals surface area (Å²) < 4.78 is 158. The van der Waals surface area contributed by atoms with Crippen molar-refractivity contribution in [2.24, 2.45) is 0 Å². The molecule has 0 saturated carbocycles. The summed E-state index contributed by atoms with van der Waals surface area (Å²) in [6.45, 7) is 12.2. The van der Waals surface area contributed by atoms with Crippen molar-refractivity contribution in [2.75, 3.05) is 169 Å². The molecule has 32 nitrogen and oxygen atoms in total. The molecule has 714 valence electrons. The van der Waals surface area contributed by atoms with Gasteiger partial charge in [-0.1, -0.05) is 114 Å². The number of carbonyl (C=O) groups excluding carboxylic acids is 10. The lowest BCUT2D eigenvalue weighted by atomic mass is 10.1. The summed E-state index contributed by atoms with van der Waals surface area (Å²) in [5.41, 5.74) is 6.56. The number of fused-ring (bicyclic) bond motifs is 1. The number of sulfonamides is 5. The standard InChI is InChI=1S/3C18H23ClN2O4S.C18H22N2O6S.C17H20F2N2O4S/c3*1-14-3-4-15(13-17(14)19)5-6-16(22)7-8-18(23)20-9-11-21(12-10-20)26(2,24)25;1-27(23,24)20-10-8-19(9-11-20)18(22)7-5-15(21)4-2-14-3-6-16-17(12-14)26-13-25-16;1-26(24,25)21-10-8-20(9-11-21)17(23)7-5-14(22)4-2-13-3-6-15(18)16(19)12-13/h3*3-6,13H,7-12H2,1-2H3;2-4,6,12H,5,7-11,13H2,1H3;2-4,6,12H,5,7-11H2,1H3/b3*6-5+;2*4-2+. The first kappa shape index (κ1) is 108. The van der Waals surface area contributed by atoms with Crippen molar-refractivity contribution in [3.8, 4) is 11.5 Å². The van der Waals surface area contributed by atoms with Crippen LogP contribution < -0.4 is 9.47 Å². The van der Waals surface area contributed by atoms with Crippen LogP contribution in [0.5, 0.6) is 11.5 Å². The minimum Gasteiger partial charge on any atom is -0.454 e. The van der Waals surface area contributed by atoms with Gasteiger partial charge in [0.05, 0.1) is 31.3 Å². The van der Waals surface area contributed by atoms with Crippen molar-refractivity contribution in [2.45, 2.75) is 85.0 Å². The minimum atomic E-state index is -3.26. The number of aryl methyl sites for hydroxylation is 3. The maximum absolute atomic E-state index is 13.1. The average molecular weight is 1980 g/mol. The van der Waals surface area contributed by atoms with Crippen LogP contribution in [0.15, 0.2) is 121 Å². The molecule has 6 aliphatic heterocycles. The SMILES string of the molecule is CS(=O)(=O)N1CCN(C(=O)CCC(=O)/C=C/c2ccc(F)c(F)c2)CC1.CS(=O)(=O)N1CCN(C(=O)CCC(=O)/C=C/c2ccc3c(c2)OCO3)CC1.Cc1ccc(/C=C/C(=O)CCC(=O)N2CCN(S(C)(=O)=O)CC2)cc1Cl.Cc1ccc(/C=C/C(=O)CCC(=O)N2CCN(S(C)(=O)=O)CC2)cc1Cl.Cc1ccc(/C=C/C(=O)CCC(=O)N2CCN(S(C)(=O)=O)CC2)cc1Cl. The number of halogens is 5. The van der Waals surface area contributed by atoms with Gasteiger partial charge in [0, 0.05) is 210 Å². The van der Waals surface area contributed by atoms with Crippen molar-refractivity contribution >= 4 is 174 Å². The van der Waals surface area contributed by atoms with Crippen LogP contribution in [0.1, 0.15) is 109 Å². The first-order valence-electron chi connectivity index (χ1n) is 41.8. The second kappa shape index (κ2) is 51.0. The largest absolute Gasteiger partial charge is 0.454 e. The Morgan fingerprint density at radius 3 is 0.710 bits per heavy atom. The molecule has 42 heteroatoms. The Kier molecular flexibility index (Phi) is 42.2. The summed E-state index contributed by atoms with van der Waals surface area (Å²) in [5.74, 6) is -2.21. The van der Waals surface area contributed by atoms with Crippen molar-refractivity contribution in [3.63, 3.8) is 0 Å². The van der Waals surface area contributed by atoms with E-state index in [1.807, 2.05) is 63.2 Å². The van der Waals surface area contributed by atoms with E-state index in [0.29, 0.717) is 150 Å². The number of nitrogens with zero attached hydrogens (tertiary/aromatic N) is 10. The topological polar surface area (TPSA) is 392 Å². The molecule has 0 aliphatic carbocycles. The normalized spacial score (nSPS) is 16.5. The number of hydrogen-bond donors (Lipinski definition) is 0. The number of ketones is 5. The number of ether oxygens (including phenoxy) is 2. The Balaban J connectivity index is 0.000000224. The number of piperazine rings is 5. The fourth-order valence-electron chi connectivity index (χ4n) is 13.4. The highest BCUT2D eigenvalue weighted by Gasteiger charge is 2.32. The lowest BCUT2D eigenvalue weighted by Gasteiger charge is -2.33. The molecule has 6 heterocycles. The van der Waals surface area contributed by atoms with E-state index < -0.39 is 61.8 Å². The van der Waals surface area contributed by atoms with E-state index in [1.165, 1.54) is 68.9 Å². The summed E-state index contributed by atoms with van der Waals surface area (Å²) in [6.07, 6.45) is 21.9. The van der Waals surface area contributed by atoms with Gasteiger partial charge in [-0.3, -0.25) is 47.9 Å². The van der Waals surface area contributed by atoms with Crippen LogP contribution in [0.2, 0.25) is 15.1 Å². The van der Waals surface area contributed by atoms with Gasteiger partial charge in [-0.05, 0) is 138 Å². The zero-order valence-electron chi connectivity index (χ0n) is 74.2. The van der Waals surface area contributed by atoms with Crippen LogP contribution in [-0.2, 0) is 98.1 Å².